The van der Waals surface area contributed by atoms with Gasteiger partial charge in [-0.15, -0.1) is 0 Å². The van der Waals surface area contributed by atoms with E-state index in [-0.39, 0.29) is 37.4 Å². The predicted molar refractivity (Wildman–Crippen MR) is 156 cm³/mol. The summed E-state index contributed by atoms with van der Waals surface area (Å²) in [4.78, 5) is 30.6. The van der Waals surface area contributed by atoms with Crippen molar-refractivity contribution in [2.75, 3.05) is 44.2 Å². The first-order valence-corrected chi connectivity index (χ1v) is 13.7. The number of aliphatic hydroxyl groups is 1. The molecule has 3 aromatic carbocycles. The molecule has 41 heavy (non-hydrogen) atoms. The fourth-order valence-electron chi connectivity index (χ4n) is 5.09. The van der Waals surface area contributed by atoms with Gasteiger partial charge in [0, 0.05) is 37.3 Å². The summed E-state index contributed by atoms with van der Waals surface area (Å²) in [5, 5.41) is 15.6. The zero-order chi connectivity index (χ0) is 28.9. The lowest BCUT2D eigenvalue weighted by Gasteiger charge is -2.38. The summed E-state index contributed by atoms with van der Waals surface area (Å²) in [7, 11) is 2.03. The van der Waals surface area contributed by atoms with Crippen LogP contribution in [-0.2, 0) is 6.54 Å². The Balaban J connectivity index is 1.41. The Morgan fingerprint density at radius 3 is 2.63 bits per heavy atom. The Bertz CT molecular complexity index is 1380. The van der Waals surface area contributed by atoms with Gasteiger partial charge in [-0.05, 0) is 43.8 Å². The normalized spacial score (nSPS) is 18.7. The number of rotatable bonds is 8. The van der Waals surface area contributed by atoms with E-state index in [4.69, 9.17) is 14.2 Å². The van der Waals surface area contributed by atoms with E-state index in [1.807, 2.05) is 39.1 Å². The van der Waals surface area contributed by atoms with Gasteiger partial charge in [0.15, 0.2) is 17.2 Å². The number of aliphatic hydroxyl groups excluding tert-OH is 1. The fourth-order valence-corrected chi connectivity index (χ4v) is 5.09. The first-order chi connectivity index (χ1) is 19.8. The molecule has 3 N–H and O–H groups in total. The highest BCUT2D eigenvalue weighted by atomic mass is 16.7. The van der Waals surface area contributed by atoms with Crippen LogP contribution in [0.25, 0.3) is 0 Å². The number of hydrogen-bond donors (Lipinski definition) is 3. The Kier molecular flexibility index (Phi) is 8.61. The molecule has 3 amide bonds. The number of carbonyl (C=O) groups is 2. The smallest absolute Gasteiger partial charge is 0.323 e. The molecule has 0 unspecified atom stereocenters. The van der Waals surface area contributed by atoms with Crippen molar-refractivity contribution in [3.63, 3.8) is 0 Å². The summed E-state index contributed by atoms with van der Waals surface area (Å²) in [6, 6.07) is 19.5. The molecule has 0 spiro atoms. The molecule has 0 bridgehead atoms. The Morgan fingerprint density at radius 1 is 1.07 bits per heavy atom. The summed E-state index contributed by atoms with van der Waals surface area (Å²) in [6.07, 6.45) is -0.302. The molecule has 216 valence electrons. The third kappa shape index (κ3) is 6.55. The van der Waals surface area contributed by atoms with Crippen LogP contribution >= 0.6 is 0 Å². The van der Waals surface area contributed by atoms with Crippen LogP contribution in [0.3, 0.4) is 0 Å². The van der Waals surface area contributed by atoms with Crippen molar-refractivity contribution in [3.8, 4) is 17.2 Å². The van der Waals surface area contributed by atoms with Gasteiger partial charge in [-0.1, -0.05) is 43.3 Å². The summed E-state index contributed by atoms with van der Waals surface area (Å²) in [5.74, 6) is 1.15. The second-order valence-electron chi connectivity index (χ2n) is 10.6. The maximum Gasteiger partial charge on any atom is 0.323 e. The van der Waals surface area contributed by atoms with Gasteiger partial charge >= 0.3 is 6.03 Å². The zero-order valence-electron chi connectivity index (χ0n) is 23.5. The first kappa shape index (κ1) is 28.3. The molecule has 2 aliphatic rings. The molecule has 10 heteroatoms. The number of likely N-dealkylation sites (N-methyl/N-ethyl adjacent to an activating group) is 1. The van der Waals surface area contributed by atoms with E-state index in [0.717, 1.165) is 6.54 Å². The van der Waals surface area contributed by atoms with Gasteiger partial charge in [0.1, 0.15) is 6.10 Å². The maximum atomic E-state index is 13.7. The predicted octanol–water partition coefficient (Wildman–Crippen LogP) is 4.41. The molecule has 3 atom stereocenters. The van der Waals surface area contributed by atoms with Gasteiger partial charge in [0.25, 0.3) is 5.91 Å². The van der Waals surface area contributed by atoms with E-state index in [9.17, 15) is 14.7 Å². The van der Waals surface area contributed by atoms with Crippen LogP contribution in [0.2, 0.25) is 0 Å². The highest BCUT2D eigenvalue weighted by molar-refractivity contribution is 6.04. The van der Waals surface area contributed by atoms with Crippen molar-refractivity contribution in [3.05, 3.63) is 77.9 Å². The number of hydrogen-bond acceptors (Lipinski definition) is 7. The van der Waals surface area contributed by atoms with Gasteiger partial charge in [-0.25, -0.2) is 4.79 Å². The number of para-hydroxylation sites is 1. The Labute approximate surface area is 239 Å². The van der Waals surface area contributed by atoms with Crippen LogP contribution in [0.1, 0.15) is 29.8 Å². The largest absolute Gasteiger partial charge is 0.486 e. The van der Waals surface area contributed by atoms with E-state index in [2.05, 4.69) is 27.7 Å². The minimum Gasteiger partial charge on any atom is -0.486 e. The molecule has 3 aromatic rings. The Morgan fingerprint density at radius 2 is 1.85 bits per heavy atom. The van der Waals surface area contributed by atoms with E-state index in [1.54, 1.807) is 41.3 Å². The van der Waals surface area contributed by atoms with Crippen molar-refractivity contribution < 1.29 is 28.9 Å². The van der Waals surface area contributed by atoms with Gasteiger partial charge in [0.2, 0.25) is 6.79 Å². The molecule has 10 nitrogen and oxygen atoms in total. The summed E-state index contributed by atoms with van der Waals surface area (Å²) < 4.78 is 17.3. The minimum atomic E-state index is -0.498. The number of carbonyl (C=O) groups excluding carboxylic acids is 2. The first-order valence-electron chi connectivity index (χ1n) is 13.7. The number of nitrogens with zero attached hydrogens (tertiary/aromatic N) is 2. The van der Waals surface area contributed by atoms with Crippen molar-refractivity contribution in [1.29, 1.82) is 0 Å². The molecule has 0 radical (unpaired) electrons. The van der Waals surface area contributed by atoms with Crippen LogP contribution in [0.4, 0.5) is 16.2 Å². The number of ether oxygens (including phenoxy) is 3. The monoisotopic (exact) mass is 560 g/mol. The average Bonchev–Trinajstić information content (AvgIpc) is 3.43. The minimum absolute atomic E-state index is 0.0603. The molecule has 2 aliphatic heterocycles. The van der Waals surface area contributed by atoms with Gasteiger partial charge in [0.05, 0.1) is 23.9 Å². The molecule has 0 aliphatic carbocycles. The quantitative estimate of drug-likeness (QED) is 0.374. The van der Waals surface area contributed by atoms with E-state index >= 15 is 0 Å². The van der Waals surface area contributed by atoms with E-state index in [1.165, 1.54) is 5.56 Å². The van der Waals surface area contributed by atoms with Gasteiger partial charge in [-0.2, -0.15) is 0 Å². The third-order valence-electron chi connectivity index (χ3n) is 7.36. The molecule has 2 heterocycles. The van der Waals surface area contributed by atoms with Crippen molar-refractivity contribution in [2.24, 2.45) is 5.92 Å². The van der Waals surface area contributed by atoms with Gasteiger partial charge < -0.3 is 34.9 Å². The lowest BCUT2D eigenvalue weighted by molar-refractivity contribution is 0.0343. The van der Waals surface area contributed by atoms with Crippen molar-refractivity contribution >= 4 is 23.3 Å². The standard InChI is InChI=1S/C31H36N4O6/c1-20-15-35(21(2)18-36)30(37)24-10-7-11-25(33-31(38)32-23-12-13-26-27(14-23)40-19-39-26)29(24)41-28(20)17-34(3)16-22-8-5-4-6-9-22/h4-14,20-21,28,36H,15-19H2,1-3H3,(H2,32,33,38)/t20-,21+,28+/m0/s1. The summed E-state index contributed by atoms with van der Waals surface area (Å²) in [5.41, 5.74) is 2.41. The maximum absolute atomic E-state index is 13.7. The number of amides is 3. The highest BCUT2D eigenvalue weighted by Crippen LogP contribution is 2.36. The van der Waals surface area contributed by atoms with Crippen LogP contribution < -0.4 is 24.8 Å². The van der Waals surface area contributed by atoms with E-state index < -0.39 is 6.03 Å². The molecular formula is C31H36N4O6. The number of nitrogens with one attached hydrogen (secondary N) is 2. The SMILES string of the molecule is C[C@H](CO)N1C[C@H](C)[C@@H](CN(C)Cc2ccccc2)Oc2c(NC(=O)Nc3ccc4c(c3)OCO4)cccc2C1=O. The van der Waals surface area contributed by atoms with Crippen LogP contribution in [0.15, 0.2) is 66.7 Å². The highest BCUT2D eigenvalue weighted by Gasteiger charge is 2.34. The number of urea groups is 1. The molecule has 0 fully saturated rings. The zero-order valence-corrected chi connectivity index (χ0v) is 23.5. The second-order valence-corrected chi connectivity index (χ2v) is 10.6. The Hall–Kier alpha value is -4.28. The fraction of sp³-hybridized carbons (Fsp3) is 0.355. The average molecular weight is 561 g/mol. The molecular weight excluding hydrogens is 524 g/mol. The second kappa shape index (κ2) is 12.5. The van der Waals surface area contributed by atoms with Gasteiger partial charge in [-0.3, -0.25) is 9.69 Å². The molecule has 0 saturated heterocycles. The topological polar surface area (TPSA) is 113 Å². The van der Waals surface area contributed by atoms with Crippen LogP contribution in [0.5, 0.6) is 17.2 Å². The lowest BCUT2D eigenvalue weighted by Crippen LogP contribution is -2.49. The van der Waals surface area contributed by atoms with Crippen LogP contribution in [0, 0.1) is 5.92 Å². The molecule has 0 aromatic heterocycles. The van der Waals surface area contributed by atoms with Crippen LogP contribution in [-0.4, -0.2) is 72.5 Å². The molecule has 0 saturated carbocycles. The lowest BCUT2D eigenvalue weighted by atomic mass is 9.99. The number of fused-ring (bicyclic) bond motifs is 2. The third-order valence-corrected chi connectivity index (χ3v) is 7.36. The number of benzene rings is 3. The van der Waals surface area contributed by atoms with E-state index in [0.29, 0.717) is 47.3 Å². The summed E-state index contributed by atoms with van der Waals surface area (Å²) >= 11 is 0. The van der Waals surface area contributed by atoms with Crippen molar-refractivity contribution in [1.82, 2.24) is 9.80 Å². The summed E-state index contributed by atoms with van der Waals surface area (Å²) in [6.45, 7) is 5.58. The molecule has 5 rings (SSSR count). The van der Waals surface area contributed by atoms with Crippen molar-refractivity contribution in [2.45, 2.75) is 32.5 Å². The number of anilines is 2.